The minimum atomic E-state index is -0.240. The summed E-state index contributed by atoms with van der Waals surface area (Å²) in [5, 5.41) is 6.63. The largest absolute Gasteiger partial charge is 0.485 e. The maximum absolute atomic E-state index is 12.5. The van der Waals surface area contributed by atoms with Gasteiger partial charge in [-0.2, -0.15) is 4.98 Å². The molecule has 0 saturated heterocycles. The SMILES string of the molecule is Cc1nc(COc2ccccc2C(=O)Nc2ccc(I)cc2)no1. The summed E-state index contributed by atoms with van der Waals surface area (Å²) in [5.74, 6) is 1.12. The van der Waals surface area contributed by atoms with Crippen LogP contribution in [0, 0.1) is 10.5 Å². The van der Waals surface area contributed by atoms with Crippen molar-refractivity contribution in [3.05, 3.63) is 69.4 Å². The Balaban J connectivity index is 1.72. The molecule has 1 heterocycles. The second kappa shape index (κ2) is 7.43. The van der Waals surface area contributed by atoms with E-state index in [1.165, 1.54) is 0 Å². The summed E-state index contributed by atoms with van der Waals surface area (Å²) >= 11 is 2.21. The average Bonchev–Trinajstić information content (AvgIpc) is 3.01. The van der Waals surface area contributed by atoms with Gasteiger partial charge in [-0.15, -0.1) is 0 Å². The first-order chi connectivity index (χ1) is 11.6. The van der Waals surface area contributed by atoms with Crippen LogP contribution in [0.4, 0.5) is 5.69 Å². The monoisotopic (exact) mass is 435 g/mol. The molecule has 1 amide bonds. The lowest BCUT2D eigenvalue weighted by molar-refractivity contribution is 0.102. The number of halogens is 1. The molecule has 0 radical (unpaired) electrons. The number of anilines is 1. The zero-order chi connectivity index (χ0) is 16.9. The van der Waals surface area contributed by atoms with Crippen LogP contribution in [0.3, 0.4) is 0 Å². The summed E-state index contributed by atoms with van der Waals surface area (Å²) in [5.41, 5.74) is 1.17. The van der Waals surface area contributed by atoms with Gasteiger partial charge in [-0.25, -0.2) is 0 Å². The summed E-state index contributed by atoms with van der Waals surface area (Å²) in [7, 11) is 0. The fourth-order valence-corrected chi connectivity index (χ4v) is 2.41. The molecule has 1 N–H and O–H groups in total. The molecule has 0 bridgehead atoms. The quantitative estimate of drug-likeness (QED) is 0.617. The van der Waals surface area contributed by atoms with Crippen molar-refractivity contribution in [3.8, 4) is 5.75 Å². The van der Waals surface area contributed by atoms with E-state index in [9.17, 15) is 4.79 Å². The van der Waals surface area contributed by atoms with E-state index in [4.69, 9.17) is 9.26 Å². The number of ether oxygens (including phenoxy) is 1. The predicted octanol–water partition coefficient (Wildman–Crippen LogP) is 3.81. The van der Waals surface area contributed by atoms with Crippen molar-refractivity contribution in [3.63, 3.8) is 0 Å². The summed E-state index contributed by atoms with van der Waals surface area (Å²) in [6, 6.07) is 14.6. The van der Waals surface area contributed by atoms with Gasteiger partial charge in [0.2, 0.25) is 11.7 Å². The van der Waals surface area contributed by atoms with E-state index in [1.807, 2.05) is 24.3 Å². The lowest BCUT2D eigenvalue weighted by atomic mass is 10.2. The molecule has 2 aromatic carbocycles. The Hall–Kier alpha value is -2.42. The van der Waals surface area contributed by atoms with Crippen molar-refractivity contribution in [2.45, 2.75) is 13.5 Å². The van der Waals surface area contributed by atoms with E-state index < -0.39 is 0 Å². The number of aromatic nitrogens is 2. The number of carbonyl (C=O) groups is 1. The van der Waals surface area contributed by atoms with E-state index in [2.05, 4.69) is 38.0 Å². The molecule has 0 atom stereocenters. The Kier molecular flexibility index (Phi) is 5.09. The predicted molar refractivity (Wildman–Crippen MR) is 96.9 cm³/mol. The highest BCUT2D eigenvalue weighted by molar-refractivity contribution is 14.1. The number of amides is 1. The Bertz CT molecular complexity index is 846. The van der Waals surface area contributed by atoms with Crippen LogP contribution in [0.2, 0.25) is 0 Å². The third-order valence-corrected chi connectivity index (χ3v) is 3.88. The normalized spacial score (nSPS) is 10.4. The molecule has 7 heteroatoms. The van der Waals surface area contributed by atoms with Crippen molar-refractivity contribution < 1.29 is 14.1 Å². The number of para-hydroxylation sites is 1. The average molecular weight is 435 g/mol. The van der Waals surface area contributed by atoms with E-state index >= 15 is 0 Å². The Labute approximate surface area is 152 Å². The zero-order valence-electron chi connectivity index (χ0n) is 12.8. The molecule has 0 fully saturated rings. The molecule has 0 unspecified atom stereocenters. The van der Waals surface area contributed by atoms with E-state index in [0.29, 0.717) is 23.0 Å². The highest BCUT2D eigenvalue weighted by Gasteiger charge is 2.13. The van der Waals surface area contributed by atoms with Crippen LogP contribution in [0.5, 0.6) is 5.75 Å². The lowest BCUT2D eigenvalue weighted by Gasteiger charge is -2.10. The molecule has 0 aliphatic rings. The Morgan fingerprint density at radius 3 is 2.67 bits per heavy atom. The van der Waals surface area contributed by atoms with Crippen LogP contribution in [0.1, 0.15) is 22.1 Å². The standard InChI is InChI=1S/C17H14IN3O3/c1-11-19-16(21-24-11)10-23-15-5-3-2-4-14(15)17(22)20-13-8-6-12(18)7-9-13/h2-9H,10H2,1H3,(H,20,22). The summed E-state index contributed by atoms with van der Waals surface area (Å²) in [6.07, 6.45) is 0. The molecule has 122 valence electrons. The van der Waals surface area contributed by atoms with Gasteiger partial charge in [-0.1, -0.05) is 17.3 Å². The van der Waals surface area contributed by atoms with Gasteiger partial charge in [0.25, 0.3) is 5.91 Å². The number of nitrogens with zero attached hydrogens (tertiary/aromatic N) is 2. The van der Waals surface area contributed by atoms with Crippen molar-refractivity contribution in [2.75, 3.05) is 5.32 Å². The van der Waals surface area contributed by atoms with Crippen LogP contribution in [0.25, 0.3) is 0 Å². The summed E-state index contributed by atoms with van der Waals surface area (Å²) in [6.45, 7) is 1.84. The highest BCUT2D eigenvalue weighted by atomic mass is 127. The molecule has 0 aliphatic heterocycles. The van der Waals surface area contributed by atoms with Crippen molar-refractivity contribution >= 4 is 34.2 Å². The first-order valence-corrected chi connectivity index (χ1v) is 8.27. The van der Waals surface area contributed by atoms with Gasteiger partial charge in [-0.3, -0.25) is 4.79 Å². The maximum atomic E-state index is 12.5. The number of benzene rings is 2. The van der Waals surface area contributed by atoms with Crippen LogP contribution in [0.15, 0.2) is 53.1 Å². The smallest absolute Gasteiger partial charge is 0.259 e. The van der Waals surface area contributed by atoms with Gasteiger partial charge in [-0.05, 0) is 59.0 Å². The summed E-state index contributed by atoms with van der Waals surface area (Å²) < 4.78 is 11.7. The number of rotatable bonds is 5. The Morgan fingerprint density at radius 2 is 1.96 bits per heavy atom. The minimum Gasteiger partial charge on any atom is -0.485 e. The third kappa shape index (κ3) is 4.10. The molecule has 3 rings (SSSR count). The van der Waals surface area contributed by atoms with Gasteiger partial charge in [0, 0.05) is 16.2 Å². The van der Waals surface area contributed by atoms with E-state index in [-0.39, 0.29) is 12.5 Å². The first-order valence-electron chi connectivity index (χ1n) is 7.20. The van der Waals surface area contributed by atoms with Crippen LogP contribution < -0.4 is 10.1 Å². The second-order valence-electron chi connectivity index (χ2n) is 4.98. The molecule has 0 spiro atoms. The van der Waals surface area contributed by atoms with Gasteiger partial charge >= 0.3 is 0 Å². The molecular weight excluding hydrogens is 421 g/mol. The van der Waals surface area contributed by atoms with Crippen LogP contribution in [-0.4, -0.2) is 16.0 Å². The van der Waals surface area contributed by atoms with E-state index in [0.717, 1.165) is 9.26 Å². The number of hydrogen-bond acceptors (Lipinski definition) is 5. The van der Waals surface area contributed by atoms with Crippen LogP contribution in [-0.2, 0) is 6.61 Å². The first kappa shape index (κ1) is 16.4. The maximum Gasteiger partial charge on any atom is 0.259 e. The fourth-order valence-electron chi connectivity index (χ4n) is 2.05. The molecule has 24 heavy (non-hydrogen) atoms. The fraction of sp³-hybridized carbons (Fsp3) is 0.118. The molecule has 0 aliphatic carbocycles. The van der Waals surface area contributed by atoms with E-state index in [1.54, 1.807) is 31.2 Å². The van der Waals surface area contributed by atoms with Crippen molar-refractivity contribution in [2.24, 2.45) is 0 Å². The molecule has 3 aromatic rings. The van der Waals surface area contributed by atoms with Gasteiger partial charge in [0.1, 0.15) is 5.75 Å². The molecule has 0 saturated carbocycles. The topological polar surface area (TPSA) is 77.2 Å². The van der Waals surface area contributed by atoms with Crippen LogP contribution >= 0.6 is 22.6 Å². The second-order valence-corrected chi connectivity index (χ2v) is 6.22. The number of nitrogens with one attached hydrogen (secondary N) is 1. The molecule has 1 aromatic heterocycles. The highest BCUT2D eigenvalue weighted by Crippen LogP contribution is 2.21. The Morgan fingerprint density at radius 1 is 1.21 bits per heavy atom. The van der Waals surface area contributed by atoms with Gasteiger partial charge < -0.3 is 14.6 Å². The minimum absolute atomic E-state index is 0.130. The summed E-state index contributed by atoms with van der Waals surface area (Å²) in [4.78, 5) is 16.6. The third-order valence-electron chi connectivity index (χ3n) is 3.16. The molecule has 6 nitrogen and oxygen atoms in total. The van der Waals surface area contributed by atoms with Gasteiger partial charge in [0.05, 0.1) is 5.56 Å². The van der Waals surface area contributed by atoms with Gasteiger partial charge in [0.15, 0.2) is 6.61 Å². The number of carbonyl (C=O) groups excluding carboxylic acids is 1. The number of aryl methyl sites for hydroxylation is 1. The van der Waals surface area contributed by atoms with Crippen molar-refractivity contribution in [1.29, 1.82) is 0 Å². The molecular formula is C17H14IN3O3. The van der Waals surface area contributed by atoms with Crippen molar-refractivity contribution in [1.82, 2.24) is 10.1 Å². The number of hydrogen-bond donors (Lipinski definition) is 1. The zero-order valence-corrected chi connectivity index (χ0v) is 15.0. The lowest BCUT2D eigenvalue weighted by Crippen LogP contribution is -2.13.